The van der Waals surface area contributed by atoms with Crippen LogP contribution in [0.3, 0.4) is 0 Å². The second-order valence-corrected chi connectivity index (χ2v) is 9.65. The van der Waals surface area contributed by atoms with E-state index in [9.17, 15) is 0 Å². The van der Waals surface area contributed by atoms with Crippen LogP contribution in [0, 0.1) is 5.92 Å². The van der Waals surface area contributed by atoms with Crippen LogP contribution in [0.25, 0.3) is 0 Å². The second-order valence-electron chi connectivity index (χ2n) is 8.77. The lowest BCUT2D eigenvalue weighted by Gasteiger charge is -2.06. The Morgan fingerprint density at radius 2 is 0.731 bits per heavy atom. The van der Waals surface area contributed by atoms with Gasteiger partial charge in [0.2, 0.25) is 0 Å². The van der Waals surface area contributed by atoms with Crippen molar-refractivity contribution in [2.45, 2.75) is 149 Å². The van der Waals surface area contributed by atoms with Crippen molar-refractivity contribution in [1.29, 1.82) is 0 Å². The molecule has 0 bridgehead atoms. The maximum absolute atomic E-state index is 2.52. The predicted molar refractivity (Wildman–Crippen MR) is 131 cm³/mol. The number of rotatable bonds is 22. The summed E-state index contributed by atoms with van der Waals surface area (Å²) in [5.74, 6) is 0.936. The van der Waals surface area contributed by atoms with Gasteiger partial charge in [-0.15, -0.1) is 0 Å². The summed E-state index contributed by atoms with van der Waals surface area (Å²) in [7, 11) is 0. The highest BCUT2D eigenvalue weighted by atomic mass is 127. The van der Waals surface area contributed by atoms with Gasteiger partial charge < -0.3 is 0 Å². The van der Waals surface area contributed by atoms with E-state index in [1.807, 2.05) is 0 Å². The molecule has 0 fully saturated rings. The van der Waals surface area contributed by atoms with Gasteiger partial charge in [-0.1, -0.05) is 165 Å². The van der Waals surface area contributed by atoms with E-state index in [1.54, 1.807) is 0 Å². The van der Waals surface area contributed by atoms with E-state index in [0.29, 0.717) is 0 Å². The third-order valence-electron chi connectivity index (χ3n) is 5.81. The first-order chi connectivity index (χ1) is 12.8. The molecule has 0 saturated heterocycles. The second kappa shape index (κ2) is 23.8. The van der Waals surface area contributed by atoms with E-state index in [2.05, 4.69) is 36.4 Å². The monoisotopic (exact) mass is 478 g/mol. The summed E-state index contributed by atoms with van der Waals surface area (Å²) in [6.07, 6.45) is 31.0. The zero-order valence-electron chi connectivity index (χ0n) is 18.5. The molecular weight excluding hydrogens is 427 g/mol. The summed E-state index contributed by atoms with van der Waals surface area (Å²) >= 11 is 2.52. The van der Waals surface area contributed by atoms with E-state index in [1.165, 1.54) is 139 Å². The maximum atomic E-state index is 2.52. The fourth-order valence-electron chi connectivity index (χ4n) is 3.83. The zero-order chi connectivity index (χ0) is 19.1. The van der Waals surface area contributed by atoms with Gasteiger partial charge in [0.25, 0.3) is 0 Å². The van der Waals surface area contributed by atoms with Gasteiger partial charge in [0, 0.05) is 4.43 Å². The molecular formula is C25H51I. The quantitative estimate of drug-likeness (QED) is 0.0825. The van der Waals surface area contributed by atoms with Gasteiger partial charge in [0.1, 0.15) is 0 Å². The minimum absolute atomic E-state index is 0.936. The summed E-state index contributed by atoms with van der Waals surface area (Å²) in [5.41, 5.74) is 0. The van der Waals surface area contributed by atoms with Crippen LogP contribution in [-0.2, 0) is 0 Å². The topological polar surface area (TPSA) is 0 Å². The summed E-state index contributed by atoms with van der Waals surface area (Å²) in [6, 6.07) is 0. The Labute approximate surface area is 181 Å². The number of unbranched alkanes of at least 4 members (excludes halogenated alkanes) is 19. The lowest BCUT2D eigenvalue weighted by molar-refractivity contribution is 0.506. The molecule has 1 heteroatoms. The van der Waals surface area contributed by atoms with Crippen LogP contribution in [0.1, 0.15) is 149 Å². The Bertz CT molecular complexity index is 238. The molecule has 0 aromatic rings. The molecule has 0 radical (unpaired) electrons. The molecule has 0 nitrogen and oxygen atoms in total. The smallest absolute Gasteiger partial charge is 0.00210 e. The standard InChI is InChI=1S/C25H51I/c1-3-4-5-6-7-8-9-10-11-12-13-14-15-16-17-18-19-20-21-22-23-25(2)24-26/h25H,3-24H2,1-2H3. The fourth-order valence-corrected chi connectivity index (χ4v) is 4.27. The first-order valence-electron chi connectivity index (χ1n) is 12.4. The predicted octanol–water partition coefficient (Wildman–Crippen LogP) is 10.3. The van der Waals surface area contributed by atoms with Crippen LogP contribution in [0.2, 0.25) is 0 Å². The largest absolute Gasteiger partial charge is 0.0861 e. The lowest BCUT2D eigenvalue weighted by atomic mass is 10.0. The van der Waals surface area contributed by atoms with Crippen LogP contribution in [0.4, 0.5) is 0 Å². The highest BCUT2D eigenvalue weighted by Crippen LogP contribution is 2.16. The van der Waals surface area contributed by atoms with Crippen LogP contribution < -0.4 is 0 Å². The van der Waals surface area contributed by atoms with Crippen molar-refractivity contribution in [3.05, 3.63) is 0 Å². The Morgan fingerprint density at radius 1 is 0.462 bits per heavy atom. The van der Waals surface area contributed by atoms with E-state index >= 15 is 0 Å². The average molecular weight is 479 g/mol. The third-order valence-corrected chi connectivity index (χ3v) is 7.32. The molecule has 0 N–H and O–H groups in total. The van der Waals surface area contributed by atoms with Crippen molar-refractivity contribution >= 4 is 22.6 Å². The molecule has 0 saturated carbocycles. The van der Waals surface area contributed by atoms with Crippen molar-refractivity contribution in [2.75, 3.05) is 4.43 Å². The van der Waals surface area contributed by atoms with Gasteiger partial charge in [0.15, 0.2) is 0 Å². The lowest BCUT2D eigenvalue weighted by Crippen LogP contribution is -1.94. The Morgan fingerprint density at radius 3 is 1.00 bits per heavy atom. The molecule has 26 heavy (non-hydrogen) atoms. The molecule has 0 amide bonds. The van der Waals surface area contributed by atoms with Crippen LogP contribution in [-0.4, -0.2) is 4.43 Å². The van der Waals surface area contributed by atoms with Gasteiger partial charge in [-0.25, -0.2) is 0 Å². The number of hydrogen-bond donors (Lipinski definition) is 0. The molecule has 158 valence electrons. The normalized spacial score (nSPS) is 12.6. The van der Waals surface area contributed by atoms with E-state index in [4.69, 9.17) is 0 Å². The molecule has 0 spiro atoms. The molecule has 1 unspecified atom stereocenters. The molecule has 0 aliphatic heterocycles. The van der Waals surface area contributed by atoms with Crippen molar-refractivity contribution in [3.63, 3.8) is 0 Å². The summed E-state index contributed by atoms with van der Waals surface area (Å²) in [6.45, 7) is 4.69. The molecule has 0 aromatic carbocycles. The van der Waals surface area contributed by atoms with E-state index in [0.717, 1.165) is 5.92 Å². The van der Waals surface area contributed by atoms with E-state index < -0.39 is 0 Å². The van der Waals surface area contributed by atoms with Gasteiger partial charge >= 0.3 is 0 Å². The number of halogens is 1. The van der Waals surface area contributed by atoms with Gasteiger partial charge in [-0.2, -0.15) is 0 Å². The highest BCUT2D eigenvalue weighted by molar-refractivity contribution is 14.1. The minimum atomic E-state index is 0.936. The van der Waals surface area contributed by atoms with Crippen LogP contribution in [0.5, 0.6) is 0 Å². The molecule has 0 rings (SSSR count). The van der Waals surface area contributed by atoms with Crippen molar-refractivity contribution in [1.82, 2.24) is 0 Å². The molecule has 1 atom stereocenters. The van der Waals surface area contributed by atoms with Gasteiger partial charge in [0.05, 0.1) is 0 Å². The average Bonchev–Trinajstić information content (AvgIpc) is 2.66. The van der Waals surface area contributed by atoms with E-state index in [-0.39, 0.29) is 0 Å². The van der Waals surface area contributed by atoms with Crippen LogP contribution >= 0.6 is 22.6 Å². The number of alkyl halides is 1. The molecule has 0 aliphatic carbocycles. The van der Waals surface area contributed by atoms with Crippen LogP contribution in [0.15, 0.2) is 0 Å². The van der Waals surface area contributed by atoms with Gasteiger partial charge in [-0.3, -0.25) is 0 Å². The molecule has 0 aromatic heterocycles. The van der Waals surface area contributed by atoms with Gasteiger partial charge in [-0.05, 0) is 12.3 Å². The summed E-state index contributed by atoms with van der Waals surface area (Å²) in [4.78, 5) is 0. The fraction of sp³-hybridized carbons (Fsp3) is 1.00. The first kappa shape index (κ1) is 26.7. The molecule has 0 heterocycles. The Hall–Kier alpha value is 0.730. The maximum Gasteiger partial charge on any atom is 0.00210 e. The third kappa shape index (κ3) is 22.8. The van der Waals surface area contributed by atoms with Crippen molar-refractivity contribution in [3.8, 4) is 0 Å². The van der Waals surface area contributed by atoms with Crippen molar-refractivity contribution < 1.29 is 0 Å². The first-order valence-corrected chi connectivity index (χ1v) is 13.9. The summed E-state index contributed by atoms with van der Waals surface area (Å²) in [5, 5.41) is 0. The minimum Gasteiger partial charge on any atom is -0.0861 e. The number of hydrogen-bond acceptors (Lipinski definition) is 0. The Kier molecular flexibility index (Phi) is 24.4. The Balaban J connectivity index is 2.99. The highest BCUT2D eigenvalue weighted by Gasteiger charge is 1.99. The SMILES string of the molecule is CCCCCCCCCCCCCCCCCCCCCCC(C)CI. The molecule has 0 aliphatic rings. The summed E-state index contributed by atoms with van der Waals surface area (Å²) < 4.78 is 1.33. The zero-order valence-corrected chi connectivity index (χ0v) is 20.7. The van der Waals surface area contributed by atoms with Crippen molar-refractivity contribution in [2.24, 2.45) is 5.92 Å².